The monoisotopic (exact) mass is 364 g/mol. The second kappa shape index (κ2) is 7.63. The Morgan fingerprint density at radius 1 is 1.46 bits per heavy atom. The molecule has 0 saturated heterocycles. The molecular formula is C15H16N4O3S2. The molecule has 7 nitrogen and oxygen atoms in total. The summed E-state index contributed by atoms with van der Waals surface area (Å²) >= 11 is 3.21. The first-order valence-electron chi connectivity index (χ1n) is 7.39. The quantitative estimate of drug-likeness (QED) is 0.602. The van der Waals surface area contributed by atoms with E-state index in [0.717, 1.165) is 21.5 Å². The van der Waals surface area contributed by atoms with E-state index in [1.54, 1.807) is 41.3 Å². The molecule has 0 spiro atoms. The molecule has 0 bridgehead atoms. The first-order valence-corrected chi connectivity index (χ1v) is 9.20. The number of ether oxygens (including phenoxy) is 1. The molecule has 0 atom stereocenters. The first kappa shape index (κ1) is 16.7. The van der Waals surface area contributed by atoms with E-state index in [4.69, 9.17) is 4.74 Å². The van der Waals surface area contributed by atoms with Crippen LogP contribution in [0.25, 0.3) is 0 Å². The average molecular weight is 364 g/mol. The van der Waals surface area contributed by atoms with Crippen molar-refractivity contribution in [3.8, 4) is 5.75 Å². The van der Waals surface area contributed by atoms with Gasteiger partial charge in [-0.25, -0.2) is 0 Å². The fourth-order valence-corrected chi connectivity index (χ4v) is 3.91. The second-order valence-corrected chi connectivity index (χ2v) is 7.62. The predicted octanol–water partition coefficient (Wildman–Crippen LogP) is 2.09. The van der Waals surface area contributed by atoms with Crippen molar-refractivity contribution in [3.05, 3.63) is 28.8 Å². The maximum Gasteiger partial charge on any atom is 0.262 e. The van der Waals surface area contributed by atoms with Gasteiger partial charge in [-0.1, -0.05) is 23.1 Å². The number of thioether (sulfide) groups is 1. The number of nitrogens with zero attached hydrogens (tertiary/aromatic N) is 2. The zero-order valence-electron chi connectivity index (χ0n) is 13.0. The van der Waals surface area contributed by atoms with Crippen molar-refractivity contribution in [1.29, 1.82) is 0 Å². The summed E-state index contributed by atoms with van der Waals surface area (Å²) in [4.78, 5) is 23.4. The maximum absolute atomic E-state index is 12.2. The number of carbonyl (C=O) groups excluding carboxylic acids is 2. The summed E-state index contributed by atoms with van der Waals surface area (Å²) < 4.78 is 6.27. The van der Waals surface area contributed by atoms with Crippen molar-refractivity contribution >= 4 is 40.6 Å². The zero-order chi connectivity index (χ0) is 16.9. The predicted molar refractivity (Wildman–Crippen MR) is 92.9 cm³/mol. The Kier molecular flexibility index (Phi) is 5.31. The van der Waals surface area contributed by atoms with Crippen LogP contribution in [0.15, 0.2) is 22.5 Å². The summed E-state index contributed by atoms with van der Waals surface area (Å²) in [7, 11) is 0. The van der Waals surface area contributed by atoms with Crippen molar-refractivity contribution in [2.24, 2.45) is 0 Å². The molecule has 2 aromatic rings. The number of hydrogen-bond acceptors (Lipinski definition) is 7. The fraction of sp³-hybridized carbons (Fsp3) is 0.333. The molecule has 0 unspecified atom stereocenters. The van der Waals surface area contributed by atoms with Crippen LogP contribution in [0.5, 0.6) is 5.75 Å². The molecule has 0 saturated carbocycles. The number of rotatable bonds is 6. The van der Waals surface area contributed by atoms with Gasteiger partial charge in [0.25, 0.3) is 11.8 Å². The minimum atomic E-state index is -0.192. The van der Waals surface area contributed by atoms with E-state index in [2.05, 4.69) is 20.8 Å². The third-order valence-corrected chi connectivity index (χ3v) is 5.27. The number of amides is 2. The lowest BCUT2D eigenvalue weighted by Crippen LogP contribution is -2.27. The van der Waals surface area contributed by atoms with Gasteiger partial charge in [0.15, 0.2) is 10.9 Å². The van der Waals surface area contributed by atoms with Crippen LogP contribution >= 0.6 is 23.1 Å². The minimum absolute atomic E-state index is 0.0274. The SMILES string of the molecule is Cc1nnc(SCCCNC(=O)c2ccc3c(c2)OCC(=O)N3)s1. The van der Waals surface area contributed by atoms with E-state index in [1.807, 2.05) is 6.92 Å². The highest BCUT2D eigenvalue weighted by atomic mass is 32.2. The molecule has 1 aromatic carbocycles. The normalized spacial score (nSPS) is 13.0. The molecule has 0 fully saturated rings. The number of benzene rings is 1. The van der Waals surface area contributed by atoms with Crippen LogP contribution in [0.1, 0.15) is 21.8 Å². The Balaban J connectivity index is 1.44. The summed E-state index contributed by atoms with van der Waals surface area (Å²) in [5, 5.41) is 14.5. The van der Waals surface area contributed by atoms with Crippen LogP contribution in [0, 0.1) is 6.92 Å². The van der Waals surface area contributed by atoms with Gasteiger partial charge in [-0.05, 0) is 31.5 Å². The van der Waals surface area contributed by atoms with Gasteiger partial charge < -0.3 is 15.4 Å². The third-order valence-electron chi connectivity index (χ3n) is 3.22. The molecule has 2 heterocycles. The van der Waals surface area contributed by atoms with Crippen LogP contribution < -0.4 is 15.4 Å². The second-order valence-electron chi connectivity index (χ2n) is 5.09. The van der Waals surface area contributed by atoms with Gasteiger partial charge in [0.05, 0.1) is 5.69 Å². The number of aryl methyl sites for hydroxylation is 1. The maximum atomic E-state index is 12.2. The van der Waals surface area contributed by atoms with Crippen molar-refractivity contribution in [3.63, 3.8) is 0 Å². The summed E-state index contributed by atoms with van der Waals surface area (Å²) in [6, 6.07) is 4.99. The Bertz CT molecular complexity index is 763. The summed E-state index contributed by atoms with van der Waals surface area (Å²) in [6.45, 7) is 2.48. The summed E-state index contributed by atoms with van der Waals surface area (Å²) in [5.74, 6) is 1.04. The third kappa shape index (κ3) is 4.24. The van der Waals surface area contributed by atoms with Gasteiger partial charge in [0.1, 0.15) is 10.8 Å². The van der Waals surface area contributed by atoms with Crippen molar-refractivity contribution in [2.45, 2.75) is 17.7 Å². The van der Waals surface area contributed by atoms with Gasteiger partial charge >= 0.3 is 0 Å². The van der Waals surface area contributed by atoms with Crippen LogP contribution in [0.4, 0.5) is 5.69 Å². The van der Waals surface area contributed by atoms with Crippen molar-refractivity contribution in [2.75, 3.05) is 24.2 Å². The van der Waals surface area contributed by atoms with Gasteiger partial charge in [0.2, 0.25) is 0 Å². The van der Waals surface area contributed by atoms with Crippen LogP contribution in [0.2, 0.25) is 0 Å². The molecule has 9 heteroatoms. The van der Waals surface area contributed by atoms with E-state index >= 15 is 0 Å². The first-order chi connectivity index (χ1) is 11.6. The number of hydrogen-bond donors (Lipinski definition) is 2. The number of anilines is 1. The fourth-order valence-electron chi connectivity index (χ4n) is 2.09. The Morgan fingerprint density at radius 3 is 3.12 bits per heavy atom. The number of fused-ring (bicyclic) bond motifs is 1. The Hall–Kier alpha value is -2.13. The van der Waals surface area contributed by atoms with Gasteiger partial charge in [-0.2, -0.15) is 0 Å². The molecule has 2 amide bonds. The van der Waals surface area contributed by atoms with Crippen LogP contribution in [-0.4, -0.2) is 40.9 Å². The number of nitrogens with one attached hydrogen (secondary N) is 2. The lowest BCUT2D eigenvalue weighted by molar-refractivity contribution is -0.118. The molecule has 2 N–H and O–H groups in total. The summed E-state index contributed by atoms with van der Waals surface area (Å²) in [6.07, 6.45) is 0.840. The van der Waals surface area contributed by atoms with Gasteiger partial charge in [-0.15, -0.1) is 10.2 Å². The standard InChI is InChI=1S/C15H16N4O3S2/c1-9-18-19-15(24-9)23-6-2-5-16-14(21)10-3-4-11-12(7-10)22-8-13(20)17-11/h3-4,7H,2,5-6,8H2,1H3,(H,16,21)(H,17,20). The van der Waals surface area contributed by atoms with Gasteiger partial charge in [-0.3, -0.25) is 9.59 Å². The van der Waals surface area contributed by atoms with Crippen molar-refractivity contribution in [1.82, 2.24) is 15.5 Å². The molecule has 126 valence electrons. The molecule has 1 aliphatic rings. The van der Waals surface area contributed by atoms with E-state index in [1.165, 1.54) is 0 Å². The molecular weight excluding hydrogens is 348 g/mol. The zero-order valence-corrected chi connectivity index (χ0v) is 14.6. The van der Waals surface area contributed by atoms with Crippen LogP contribution in [-0.2, 0) is 4.79 Å². The Labute approximate surface area is 147 Å². The highest BCUT2D eigenvalue weighted by Crippen LogP contribution is 2.28. The molecule has 3 rings (SSSR count). The van der Waals surface area contributed by atoms with E-state index in [9.17, 15) is 9.59 Å². The van der Waals surface area contributed by atoms with Gasteiger partial charge in [0, 0.05) is 17.9 Å². The molecule has 1 aliphatic heterocycles. The Morgan fingerprint density at radius 2 is 2.33 bits per heavy atom. The lowest BCUT2D eigenvalue weighted by Gasteiger charge is -2.18. The largest absolute Gasteiger partial charge is 0.482 e. The molecule has 0 aliphatic carbocycles. The number of aromatic nitrogens is 2. The highest BCUT2D eigenvalue weighted by molar-refractivity contribution is 8.01. The smallest absolute Gasteiger partial charge is 0.262 e. The summed E-state index contributed by atoms with van der Waals surface area (Å²) in [5.41, 5.74) is 1.10. The molecule has 1 aromatic heterocycles. The topological polar surface area (TPSA) is 93.2 Å². The lowest BCUT2D eigenvalue weighted by atomic mass is 10.1. The van der Waals surface area contributed by atoms with E-state index < -0.39 is 0 Å². The molecule has 24 heavy (non-hydrogen) atoms. The van der Waals surface area contributed by atoms with E-state index in [0.29, 0.717) is 23.5 Å². The average Bonchev–Trinajstić information content (AvgIpc) is 2.99. The highest BCUT2D eigenvalue weighted by Gasteiger charge is 2.17. The van der Waals surface area contributed by atoms with E-state index in [-0.39, 0.29) is 18.4 Å². The van der Waals surface area contributed by atoms with Crippen molar-refractivity contribution < 1.29 is 14.3 Å². The van der Waals surface area contributed by atoms with Crippen LogP contribution in [0.3, 0.4) is 0 Å². The number of carbonyl (C=O) groups is 2. The minimum Gasteiger partial charge on any atom is -0.482 e. The molecule has 0 radical (unpaired) electrons.